The molecule has 0 aromatic heterocycles. The maximum absolute atomic E-state index is 12.2. The standard InChI is InChI=1S/C13H13BrClNO/c1-3-5-16(6-4-2)13(17)10-7-11(14)9-12(15)8-10/h3-4,7-9H,1-2,5-6H2. The van der Waals surface area contributed by atoms with Gasteiger partial charge in [0.2, 0.25) is 0 Å². The molecule has 0 unspecified atom stereocenters. The molecule has 17 heavy (non-hydrogen) atoms. The van der Waals surface area contributed by atoms with E-state index in [-0.39, 0.29) is 5.91 Å². The molecule has 0 saturated carbocycles. The third kappa shape index (κ3) is 4.02. The molecule has 0 aliphatic carbocycles. The van der Waals surface area contributed by atoms with Gasteiger partial charge >= 0.3 is 0 Å². The summed E-state index contributed by atoms with van der Waals surface area (Å²) in [7, 11) is 0. The van der Waals surface area contributed by atoms with Crippen molar-refractivity contribution < 1.29 is 4.79 Å². The van der Waals surface area contributed by atoms with E-state index in [2.05, 4.69) is 29.1 Å². The summed E-state index contributed by atoms with van der Waals surface area (Å²) >= 11 is 9.22. The van der Waals surface area contributed by atoms with Crippen LogP contribution in [0.25, 0.3) is 0 Å². The zero-order valence-electron chi connectivity index (χ0n) is 9.33. The predicted molar refractivity (Wildman–Crippen MR) is 75.4 cm³/mol. The Morgan fingerprint density at radius 3 is 2.35 bits per heavy atom. The topological polar surface area (TPSA) is 20.3 Å². The van der Waals surface area contributed by atoms with E-state index >= 15 is 0 Å². The Labute approximate surface area is 115 Å². The Kier molecular flexibility index (Phi) is 5.45. The molecule has 0 saturated heterocycles. The Morgan fingerprint density at radius 1 is 1.29 bits per heavy atom. The van der Waals surface area contributed by atoms with Gasteiger partial charge in [0.25, 0.3) is 5.91 Å². The molecule has 0 aliphatic rings. The van der Waals surface area contributed by atoms with Crippen molar-refractivity contribution in [1.82, 2.24) is 4.90 Å². The summed E-state index contributed by atoms with van der Waals surface area (Å²) in [5.41, 5.74) is 0.549. The quantitative estimate of drug-likeness (QED) is 0.754. The van der Waals surface area contributed by atoms with Gasteiger partial charge in [-0.3, -0.25) is 4.79 Å². The van der Waals surface area contributed by atoms with Gasteiger partial charge in [0.1, 0.15) is 0 Å². The lowest BCUT2D eigenvalue weighted by Crippen LogP contribution is -2.31. The molecular formula is C13H13BrClNO. The fourth-order valence-corrected chi connectivity index (χ4v) is 2.27. The average Bonchev–Trinajstić information content (AvgIpc) is 2.26. The van der Waals surface area contributed by atoms with Crippen LogP contribution in [0.5, 0.6) is 0 Å². The SMILES string of the molecule is C=CCN(CC=C)C(=O)c1cc(Cl)cc(Br)c1. The van der Waals surface area contributed by atoms with Crippen molar-refractivity contribution in [1.29, 1.82) is 0 Å². The second kappa shape index (κ2) is 6.62. The van der Waals surface area contributed by atoms with Gasteiger partial charge in [0, 0.05) is 28.1 Å². The molecule has 0 aliphatic heterocycles. The summed E-state index contributed by atoms with van der Waals surface area (Å²) in [5, 5.41) is 0.528. The van der Waals surface area contributed by atoms with E-state index in [1.807, 2.05) is 0 Å². The molecule has 1 aromatic carbocycles. The zero-order chi connectivity index (χ0) is 12.8. The van der Waals surface area contributed by atoms with Crippen LogP contribution < -0.4 is 0 Å². The van der Waals surface area contributed by atoms with Gasteiger partial charge in [-0.1, -0.05) is 39.7 Å². The van der Waals surface area contributed by atoms with Crippen molar-refractivity contribution in [3.63, 3.8) is 0 Å². The number of amides is 1. The number of hydrogen-bond acceptors (Lipinski definition) is 1. The third-order valence-corrected chi connectivity index (χ3v) is 2.77. The van der Waals surface area contributed by atoms with Crippen LogP contribution in [-0.4, -0.2) is 23.9 Å². The van der Waals surface area contributed by atoms with Gasteiger partial charge in [-0.25, -0.2) is 0 Å². The highest BCUT2D eigenvalue weighted by Crippen LogP contribution is 2.20. The number of rotatable bonds is 5. The van der Waals surface area contributed by atoms with E-state index in [1.54, 1.807) is 35.3 Å². The second-order valence-corrected chi connectivity index (χ2v) is 4.80. The number of carbonyl (C=O) groups excluding carboxylic acids is 1. The second-order valence-electron chi connectivity index (χ2n) is 3.45. The number of nitrogens with zero attached hydrogens (tertiary/aromatic N) is 1. The Bertz CT molecular complexity index is 415. The molecular weight excluding hydrogens is 302 g/mol. The van der Waals surface area contributed by atoms with Gasteiger partial charge < -0.3 is 4.90 Å². The molecule has 0 spiro atoms. The highest BCUT2D eigenvalue weighted by Gasteiger charge is 2.14. The molecule has 1 rings (SSSR count). The molecule has 90 valence electrons. The van der Waals surface area contributed by atoms with Crippen molar-refractivity contribution in [2.24, 2.45) is 0 Å². The van der Waals surface area contributed by atoms with E-state index in [9.17, 15) is 4.79 Å². The molecule has 0 N–H and O–H groups in total. The molecule has 2 nitrogen and oxygen atoms in total. The summed E-state index contributed by atoms with van der Waals surface area (Å²) in [6.45, 7) is 8.22. The molecule has 0 bridgehead atoms. The van der Waals surface area contributed by atoms with Gasteiger partial charge in [0.15, 0.2) is 0 Å². The predicted octanol–water partition coefficient (Wildman–Crippen LogP) is 3.92. The number of halogens is 2. The largest absolute Gasteiger partial charge is 0.331 e. The van der Waals surface area contributed by atoms with Crippen LogP contribution in [0.15, 0.2) is 48.0 Å². The van der Waals surface area contributed by atoms with Crippen molar-refractivity contribution >= 4 is 33.4 Å². The van der Waals surface area contributed by atoms with E-state index < -0.39 is 0 Å². The summed E-state index contributed by atoms with van der Waals surface area (Å²) in [6, 6.07) is 5.13. The Balaban J connectivity index is 2.99. The summed E-state index contributed by atoms with van der Waals surface area (Å²) in [4.78, 5) is 13.8. The first-order valence-electron chi connectivity index (χ1n) is 5.05. The molecule has 0 atom stereocenters. The van der Waals surface area contributed by atoms with Gasteiger partial charge in [-0.15, -0.1) is 13.2 Å². The normalized spacial score (nSPS) is 9.76. The van der Waals surface area contributed by atoms with Gasteiger partial charge in [-0.2, -0.15) is 0 Å². The smallest absolute Gasteiger partial charge is 0.254 e. The van der Waals surface area contributed by atoms with E-state index in [1.165, 1.54) is 0 Å². The minimum Gasteiger partial charge on any atom is -0.331 e. The molecule has 0 heterocycles. The van der Waals surface area contributed by atoms with Crippen LogP contribution in [0.3, 0.4) is 0 Å². The van der Waals surface area contributed by atoms with E-state index in [0.717, 1.165) is 4.47 Å². The minimum atomic E-state index is -0.0898. The average molecular weight is 315 g/mol. The zero-order valence-corrected chi connectivity index (χ0v) is 11.7. The van der Waals surface area contributed by atoms with Crippen molar-refractivity contribution in [2.75, 3.05) is 13.1 Å². The van der Waals surface area contributed by atoms with Gasteiger partial charge in [-0.05, 0) is 18.2 Å². The molecule has 0 fully saturated rings. The first-order chi connectivity index (χ1) is 8.08. The van der Waals surface area contributed by atoms with Crippen molar-refractivity contribution in [2.45, 2.75) is 0 Å². The van der Waals surface area contributed by atoms with Crippen LogP contribution in [0.2, 0.25) is 5.02 Å². The maximum Gasteiger partial charge on any atom is 0.254 e. The molecule has 4 heteroatoms. The lowest BCUT2D eigenvalue weighted by Gasteiger charge is -2.19. The first-order valence-corrected chi connectivity index (χ1v) is 6.22. The molecule has 0 radical (unpaired) electrons. The van der Waals surface area contributed by atoms with Crippen LogP contribution in [0, 0.1) is 0 Å². The highest BCUT2D eigenvalue weighted by atomic mass is 79.9. The monoisotopic (exact) mass is 313 g/mol. The molecule has 1 amide bonds. The van der Waals surface area contributed by atoms with Crippen LogP contribution in [0.1, 0.15) is 10.4 Å². The third-order valence-electron chi connectivity index (χ3n) is 2.10. The maximum atomic E-state index is 12.2. The summed E-state index contributed by atoms with van der Waals surface area (Å²) in [5.74, 6) is -0.0898. The van der Waals surface area contributed by atoms with Crippen LogP contribution >= 0.6 is 27.5 Å². The number of hydrogen-bond donors (Lipinski definition) is 0. The Morgan fingerprint density at radius 2 is 1.88 bits per heavy atom. The first kappa shape index (κ1) is 14.0. The summed E-state index contributed by atoms with van der Waals surface area (Å²) < 4.78 is 0.783. The number of carbonyl (C=O) groups is 1. The fraction of sp³-hybridized carbons (Fsp3) is 0.154. The van der Waals surface area contributed by atoms with Crippen LogP contribution in [-0.2, 0) is 0 Å². The van der Waals surface area contributed by atoms with E-state index in [4.69, 9.17) is 11.6 Å². The highest BCUT2D eigenvalue weighted by molar-refractivity contribution is 9.10. The summed E-state index contributed by atoms with van der Waals surface area (Å²) in [6.07, 6.45) is 3.36. The van der Waals surface area contributed by atoms with E-state index in [0.29, 0.717) is 23.7 Å². The van der Waals surface area contributed by atoms with Crippen molar-refractivity contribution in [3.8, 4) is 0 Å². The van der Waals surface area contributed by atoms with Gasteiger partial charge in [0.05, 0.1) is 0 Å². The lowest BCUT2D eigenvalue weighted by molar-refractivity contribution is 0.0791. The number of benzene rings is 1. The fourth-order valence-electron chi connectivity index (χ4n) is 1.41. The lowest BCUT2D eigenvalue weighted by atomic mass is 10.2. The molecule has 1 aromatic rings. The van der Waals surface area contributed by atoms with Crippen molar-refractivity contribution in [3.05, 3.63) is 58.6 Å². The minimum absolute atomic E-state index is 0.0898. The van der Waals surface area contributed by atoms with Crippen LogP contribution in [0.4, 0.5) is 0 Å². The Hall–Kier alpha value is -1.06.